The van der Waals surface area contributed by atoms with Gasteiger partial charge in [0.25, 0.3) is 23.6 Å². The SMILES string of the molecule is O=C1c2ccccc2C(=O)N1C/C(F)=C1/CCCNC1.O=C1c2ccccc2C(=O)N1C/C(F)=C1\CCCNC1. The number of rotatable bonds is 4. The van der Waals surface area contributed by atoms with Crippen molar-refractivity contribution in [2.75, 3.05) is 39.3 Å². The van der Waals surface area contributed by atoms with Crippen LogP contribution in [0.3, 0.4) is 0 Å². The monoisotopic (exact) mass is 548 g/mol. The number of imide groups is 2. The number of fused-ring (bicyclic) bond motifs is 2. The lowest BCUT2D eigenvalue weighted by atomic mass is 10.1. The first kappa shape index (κ1) is 27.5. The molecule has 0 saturated carbocycles. The van der Waals surface area contributed by atoms with E-state index in [-0.39, 0.29) is 24.7 Å². The third-order valence-electron chi connectivity index (χ3n) is 7.46. The molecule has 2 aromatic carbocycles. The molecule has 2 aromatic rings. The van der Waals surface area contributed by atoms with E-state index in [1.165, 1.54) is 0 Å². The van der Waals surface area contributed by atoms with Crippen LogP contribution in [0.2, 0.25) is 0 Å². The molecule has 10 heteroatoms. The first-order valence-corrected chi connectivity index (χ1v) is 13.4. The Labute approximate surface area is 230 Å². The first-order chi connectivity index (χ1) is 19.4. The number of piperidine rings is 2. The minimum Gasteiger partial charge on any atom is -0.313 e. The van der Waals surface area contributed by atoms with Gasteiger partial charge in [0, 0.05) is 13.1 Å². The summed E-state index contributed by atoms with van der Waals surface area (Å²) in [4.78, 5) is 50.5. The van der Waals surface area contributed by atoms with Gasteiger partial charge in [-0.15, -0.1) is 0 Å². The maximum absolute atomic E-state index is 14.2. The molecule has 4 aliphatic rings. The van der Waals surface area contributed by atoms with Crippen molar-refractivity contribution >= 4 is 23.6 Å². The summed E-state index contributed by atoms with van der Waals surface area (Å²) in [6.45, 7) is 2.23. The number of amides is 4. The predicted molar refractivity (Wildman–Crippen MR) is 144 cm³/mol. The maximum atomic E-state index is 14.2. The minimum atomic E-state index is -0.412. The molecule has 6 rings (SSSR count). The van der Waals surface area contributed by atoms with Crippen LogP contribution >= 0.6 is 0 Å². The van der Waals surface area contributed by atoms with Gasteiger partial charge in [-0.2, -0.15) is 0 Å². The Kier molecular flexibility index (Phi) is 8.27. The molecule has 0 spiro atoms. The lowest BCUT2D eigenvalue weighted by Gasteiger charge is -2.19. The summed E-state index contributed by atoms with van der Waals surface area (Å²) in [5.74, 6) is -2.39. The molecule has 4 amide bonds. The van der Waals surface area contributed by atoms with Crippen LogP contribution in [0.15, 0.2) is 71.3 Å². The van der Waals surface area contributed by atoms with Crippen molar-refractivity contribution < 1.29 is 28.0 Å². The van der Waals surface area contributed by atoms with Gasteiger partial charge in [0.15, 0.2) is 0 Å². The Morgan fingerprint density at radius 1 is 0.600 bits per heavy atom. The summed E-state index contributed by atoms with van der Waals surface area (Å²) in [6.07, 6.45) is 3.12. The molecule has 0 bridgehead atoms. The molecule has 2 fully saturated rings. The minimum absolute atomic E-state index is 0.261. The highest BCUT2D eigenvalue weighted by Crippen LogP contribution is 2.26. The first-order valence-electron chi connectivity index (χ1n) is 13.4. The van der Waals surface area contributed by atoms with Crippen LogP contribution in [0.25, 0.3) is 0 Å². The zero-order chi connectivity index (χ0) is 28.2. The highest BCUT2D eigenvalue weighted by atomic mass is 19.1. The standard InChI is InChI=1S/2C15H15FN2O2/c2*16-13(10-4-3-7-17-8-10)9-18-14(19)11-5-1-2-6-12(11)15(18)20/h2*1-2,5-6,17H,3-4,7-9H2/b13-10+;13-10-. The van der Waals surface area contributed by atoms with Crippen molar-refractivity contribution in [3.05, 3.63) is 93.6 Å². The van der Waals surface area contributed by atoms with E-state index < -0.39 is 23.6 Å². The van der Waals surface area contributed by atoms with Gasteiger partial charge in [-0.3, -0.25) is 29.0 Å². The number of hydrogen-bond donors (Lipinski definition) is 2. The smallest absolute Gasteiger partial charge is 0.261 e. The van der Waals surface area contributed by atoms with Gasteiger partial charge in [-0.1, -0.05) is 24.3 Å². The van der Waals surface area contributed by atoms with E-state index >= 15 is 0 Å². The fourth-order valence-corrected chi connectivity index (χ4v) is 5.24. The Bertz CT molecular complexity index is 1240. The third-order valence-corrected chi connectivity index (χ3v) is 7.46. The van der Waals surface area contributed by atoms with E-state index in [0.717, 1.165) is 35.7 Å². The molecule has 2 N–H and O–H groups in total. The second-order valence-electron chi connectivity index (χ2n) is 10.1. The van der Waals surface area contributed by atoms with Crippen molar-refractivity contribution in [2.24, 2.45) is 0 Å². The number of nitrogens with zero attached hydrogens (tertiary/aromatic N) is 2. The Balaban J connectivity index is 0.000000161. The average Bonchev–Trinajstić information content (AvgIpc) is 3.39. The molecule has 0 aromatic heterocycles. The summed E-state index contributed by atoms with van der Waals surface area (Å²) < 4.78 is 28.4. The summed E-state index contributed by atoms with van der Waals surface area (Å²) in [5, 5.41) is 6.19. The molecule has 0 unspecified atom stereocenters. The van der Waals surface area contributed by atoms with Crippen LogP contribution in [0, 0.1) is 0 Å². The summed E-state index contributed by atoms with van der Waals surface area (Å²) >= 11 is 0. The summed E-state index contributed by atoms with van der Waals surface area (Å²) in [6, 6.07) is 13.2. The molecular formula is C30H30F2N4O4. The van der Waals surface area contributed by atoms with E-state index in [4.69, 9.17) is 0 Å². The molecule has 208 valence electrons. The van der Waals surface area contributed by atoms with Crippen LogP contribution < -0.4 is 10.6 Å². The maximum Gasteiger partial charge on any atom is 0.261 e. The molecule has 8 nitrogen and oxygen atoms in total. The van der Waals surface area contributed by atoms with Gasteiger partial charge in [0.2, 0.25) is 0 Å². The topological polar surface area (TPSA) is 98.8 Å². The van der Waals surface area contributed by atoms with Gasteiger partial charge in [-0.05, 0) is 74.2 Å². The van der Waals surface area contributed by atoms with Crippen molar-refractivity contribution in [2.45, 2.75) is 25.7 Å². The fraction of sp³-hybridized carbons (Fsp3) is 0.333. The number of halogens is 2. The van der Waals surface area contributed by atoms with E-state index in [2.05, 4.69) is 10.6 Å². The number of hydrogen-bond acceptors (Lipinski definition) is 6. The van der Waals surface area contributed by atoms with Crippen molar-refractivity contribution in [1.29, 1.82) is 0 Å². The molecular weight excluding hydrogens is 518 g/mol. The van der Waals surface area contributed by atoms with Gasteiger partial charge in [0.05, 0.1) is 35.3 Å². The number of nitrogens with one attached hydrogen (secondary N) is 2. The van der Waals surface area contributed by atoms with Crippen molar-refractivity contribution in [1.82, 2.24) is 20.4 Å². The van der Waals surface area contributed by atoms with E-state index in [9.17, 15) is 28.0 Å². The highest BCUT2D eigenvalue weighted by Gasteiger charge is 2.37. The van der Waals surface area contributed by atoms with Crippen LogP contribution in [0.1, 0.15) is 67.1 Å². The highest BCUT2D eigenvalue weighted by molar-refractivity contribution is 6.22. The Hall–Kier alpha value is -4.02. The lowest BCUT2D eigenvalue weighted by molar-refractivity contribution is 0.0644. The second kappa shape index (κ2) is 12.0. The molecule has 2 saturated heterocycles. The Morgan fingerprint density at radius 2 is 0.925 bits per heavy atom. The summed E-state index contributed by atoms with van der Waals surface area (Å²) in [7, 11) is 0. The number of carbonyl (C=O) groups is 4. The molecule has 0 atom stereocenters. The van der Waals surface area contributed by atoms with Crippen molar-refractivity contribution in [3.8, 4) is 0 Å². The van der Waals surface area contributed by atoms with Crippen LogP contribution in [0.5, 0.6) is 0 Å². The van der Waals surface area contributed by atoms with E-state index in [1.54, 1.807) is 48.5 Å². The summed E-state index contributed by atoms with van der Waals surface area (Å²) in [5.41, 5.74) is 2.75. The van der Waals surface area contributed by atoms with Gasteiger partial charge in [-0.25, -0.2) is 8.78 Å². The zero-order valence-corrected chi connectivity index (χ0v) is 22.0. The van der Waals surface area contributed by atoms with Gasteiger partial charge in [0.1, 0.15) is 11.7 Å². The molecule has 4 heterocycles. The Morgan fingerprint density at radius 3 is 1.20 bits per heavy atom. The van der Waals surface area contributed by atoms with Gasteiger partial charge < -0.3 is 10.6 Å². The molecule has 40 heavy (non-hydrogen) atoms. The predicted octanol–water partition coefficient (Wildman–Crippen LogP) is 3.78. The normalized spacial score (nSPS) is 21.1. The quantitative estimate of drug-likeness (QED) is 0.565. The number of benzene rings is 2. The van der Waals surface area contributed by atoms with E-state index in [0.29, 0.717) is 59.3 Å². The van der Waals surface area contributed by atoms with Crippen LogP contribution in [-0.2, 0) is 0 Å². The van der Waals surface area contributed by atoms with Gasteiger partial charge >= 0.3 is 0 Å². The second-order valence-corrected chi connectivity index (χ2v) is 10.1. The zero-order valence-electron chi connectivity index (χ0n) is 22.0. The number of carbonyl (C=O) groups excluding carboxylic acids is 4. The lowest BCUT2D eigenvalue weighted by Crippen LogP contribution is -2.32. The fourth-order valence-electron chi connectivity index (χ4n) is 5.24. The third kappa shape index (κ3) is 5.50. The van der Waals surface area contributed by atoms with Crippen LogP contribution in [0.4, 0.5) is 8.78 Å². The average molecular weight is 549 g/mol. The largest absolute Gasteiger partial charge is 0.313 e. The molecule has 0 aliphatic carbocycles. The molecule has 0 radical (unpaired) electrons. The van der Waals surface area contributed by atoms with E-state index in [1.807, 2.05) is 0 Å². The van der Waals surface area contributed by atoms with Crippen LogP contribution in [-0.4, -0.2) is 72.7 Å². The molecule has 4 aliphatic heterocycles. The van der Waals surface area contributed by atoms with Crippen molar-refractivity contribution in [3.63, 3.8) is 0 Å².